The fourth-order valence-electron chi connectivity index (χ4n) is 2.65. The first-order chi connectivity index (χ1) is 12.2. The standard InChI is InChI=1S/C17H10BrClF4N2O/c1-7-24-17(18)15(16(26)10-3-2-8(20)4-11(10)19)25(7)14-12(22)5-9(21)6-13(14)23/h2-6,16,26H,1H3. The molecule has 1 heterocycles. The van der Waals surface area contributed by atoms with E-state index in [-0.39, 0.29) is 26.7 Å². The number of hydrogen-bond acceptors (Lipinski definition) is 2. The number of aliphatic hydroxyl groups is 1. The minimum atomic E-state index is -1.48. The van der Waals surface area contributed by atoms with Crippen LogP contribution in [0.4, 0.5) is 17.6 Å². The highest BCUT2D eigenvalue weighted by molar-refractivity contribution is 9.10. The summed E-state index contributed by atoms with van der Waals surface area (Å²) in [5.74, 6) is -3.90. The Hall–Kier alpha value is -1.90. The van der Waals surface area contributed by atoms with Crippen molar-refractivity contribution >= 4 is 27.5 Å². The second kappa shape index (κ2) is 7.02. The fourth-order valence-corrected chi connectivity index (χ4v) is 3.57. The van der Waals surface area contributed by atoms with Crippen LogP contribution in [0.15, 0.2) is 34.9 Å². The van der Waals surface area contributed by atoms with Crippen LogP contribution in [0.2, 0.25) is 5.02 Å². The lowest BCUT2D eigenvalue weighted by molar-refractivity contribution is 0.212. The molecular formula is C17H10BrClF4N2O. The van der Waals surface area contributed by atoms with E-state index < -0.39 is 35.1 Å². The molecule has 1 atom stereocenters. The number of aromatic nitrogens is 2. The highest BCUT2D eigenvalue weighted by atomic mass is 79.9. The Labute approximate surface area is 159 Å². The van der Waals surface area contributed by atoms with E-state index >= 15 is 0 Å². The predicted molar refractivity (Wildman–Crippen MR) is 91.3 cm³/mol. The summed E-state index contributed by atoms with van der Waals surface area (Å²) in [6.45, 7) is 1.45. The van der Waals surface area contributed by atoms with Gasteiger partial charge in [-0.3, -0.25) is 4.57 Å². The van der Waals surface area contributed by atoms with Gasteiger partial charge in [0.15, 0.2) is 11.6 Å². The zero-order valence-electron chi connectivity index (χ0n) is 13.1. The fraction of sp³-hybridized carbons (Fsp3) is 0.118. The van der Waals surface area contributed by atoms with E-state index in [2.05, 4.69) is 20.9 Å². The molecule has 26 heavy (non-hydrogen) atoms. The Bertz CT molecular complexity index is 986. The van der Waals surface area contributed by atoms with Crippen LogP contribution in [0, 0.1) is 30.2 Å². The van der Waals surface area contributed by atoms with E-state index in [0.717, 1.165) is 16.7 Å². The number of aryl methyl sites for hydroxylation is 1. The van der Waals surface area contributed by atoms with Gasteiger partial charge < -0.3 is 5.11 Å². The summed E-state index contributed by atoms with van der Waals surface area (Å²) in [7, 11) is 0. The molecular weight excluding hydrogens is 440 g/mol. The van der Waals surface area contributed by atoms with Gasteiger partial charge in [0.25, 0.3) is 0 Å². The molecule has 3 rings (SSSR count). The number of halogens is 6. The third-order valence-electron chi connectivity index (χ3n) is 3.76. The van der Waals surface area contributed by atoms with Crippen LogP contribution in [0.5, 0.6) is 0 Å². The van der Waals surface area contributed by atoms with Gasteiger partial charge in [-0.1, -0.05) is 17.7 Å². The van der Waals surface area contributed by atoms with Gasteiger partial charge in [-0.2, -0.15) is 0 Å². The lowest BCUT2D eigenvalue weighted by Crippen LogP contribution is -2.13. The molecule has 0 aliphatic carbocycles. The maximum atomic E-state index is 14.3. The number of benzene rings is 2. The largest absolute Gasteiger partial charge is 0.382 e. The molecule has 1 N–H and O–H groups in total. The van der Waals surface area contributed by atoms with Gasteiger partial charge in [-0.25, -0.2) is 22.5 Å². The maximum Gasteiger partial charge on any atom is 0.153 e. The third-order valence-corrected chi connectivity index (χ3v) is 4.67. The summed E-state index contributed by atoms with van der Waals surface area (Å²) in [5, 5.41) is 10.6. The van der Waals surface area contributed by atoms with Gasteiger partial charge in [0.2, 0.25) is 0 Å². The Balaban J connectivity index is 2.25. The van der Waals surface area contributed by atoms with E-state index in [1.165, 1.54) is 13.0 Å². The van der Waals surface area contributed by atoms with Crippen molar-refractivity contribution < 1.29 is 22.7 Å². The highest BCUT2D eigenvalue weighted by Gasteiger charge is 2.27. The molecule has 0 spiro atoms. The van der Waals surface area contributed by atoms with E-state index in [9.17, 15) is 22.7 Å². The summed E-state index contributed by atoms with van der Waals surface area (Å²) in [4.78, 5) is 4.06. The van der Waals surface area contributed by atoms with Crippen molar-refractivity contribution in [1.29, 1.82) is 0 Å². The first-order valence-electron chi connectivity index (χ1n) is 7.23. The average Bonchev–Trinajstić information content (AvgIpc) is 2.80. The molecule has 0 saturated carbocycles. The Morgan fingerprint density at radius 1 is 1.08 bits per heavy atom. The highest BCUT2D eigenvalue weighted by Crippen LogP contribution is 2.36. The van der Waals surface area contributed by atoms with Crippen molar-refractivity contribution in [2.45, 2.75) is 13.0 Å². The Morgan fingerprint density at radius 2 is 1.69 bits per heavy atom. The first kappa shape index (κ1) is 18.9. The van der Waals surface area contributed by atoms with Crippen molar-refractivity contribution in [1.82, 2.24) is 9.55 Å². The molecule has 2 aromatic carbocycles. The van der Waals surface area contributed by atoms with Crippen molar-refractivity contribution in [2.24, 2.45) is 0 Å². The number of rotatable bonds is 3. The van der Waals surface area contributed by atoms with Gasteiger partial charge in [0, 0.05) is 22.7 Å². The van der Waals surface area contributed by atoms with Crippen LogP contribution in [0.25, 0.3) is 5.69 Å². The topological polar surface area (TPSA) is 38.1 Å². The normalized spacial score (nSPS) is 12.5. The van der Waals surface area contributed by atoms with Gasteiger partial charge in [-0.15, -0.1) is 0 Å². The molecule has 9 heteroatoms. The molecule has 0 saturated heterocycles. The summed E-state index contributed by atoms with van der Waals surface area (Å²) in [5.41, 5.74) is -0.535. The molecule has 3 nitrogen and oxygen atoms in total. The maximum absolute atomic E-state index is 14.3. The van der Waals surface area contributed by atoms with E-state index in [4.69, 9.17) is 11.6 Å². The van der Waals surface area contributed by atoms with E-state index in [1.54, 1.807) is 0 Å². The van der Waals surface area contributed by atoms with Crippen LogP contribution < -0.4 is 0 Å². The number of imidazole rings is 1. The van der Waals surface area contributed by atoms with Gasteiger partial charge in [0.1, 0.15) is 33.9 Å². The molecule has 1 aromatic heterocycles. The quantitative estimate of drug-likeness (QED) is 0.556. The second-order valence-corrected chi connectivity index (χ2v) is 6.62. The minimum absolute atomic E-state index is 0.0413. The van der Waals surface area contributed by atoms with Crippen LogP contribution in [0.3, 0.4) is 0 Å². The van der Waals surface area contributed by atoms with E-state index in [0.29, 0.717) is 12.1 Å². The van der Waals surface area contributed by atoms with Gasteiger partial charge >= 0.3 is 0 Å². The Morgan fingerprint density at radius 3 is 2.27 bits per heavy atom. The molecule has 0 radical (unpaired) electrons. The molecule has 1 unspecified atom stereocenters. The monoisotopic (exact) mass is 448 g/mol. The summed E-state index contributed by atoms with van der Waals surface area (Å²) in [6.07, 6.45) is -1.48. The zero-order chi connectivity index (χ0) is 19.2. The smallest absolute Gasteiger partial charge is 0.153 e. The van der Waals surface area contributed by atoms with Crippen LogP contribution in [-0.4, -0.2) is 14.7 Å². The molecule has 0 aliphatic heterocycles. The number of nitrogens with zero attached hydrogens (tertiary/aromatic N) is 2. The van der Waals surface area contributed by atoms with Gasteiger partial charge in [-0.05, 0) is 35.0 Å². The summed E-state index contributed by atoms with van der Waals surface area (Å²) in [6, 6.07) is 4.38. The SMILES string of the molecule is Cc1nc(Br)c(C(O)c2ccc(F)cc2Cl)n1-c1c(F)cc(F)cc1F. The zero-order valence-corrected chi connectivity index (χ0v) is 15.4. The lowest BCUT2D eigenvalue weighted by atomic mass is 10.1. The molecule has 0 aliphatic rings. The van der Waals surface area contributed by atoms with Crippen molar-refractivity contribution in [3.05, 3.63) is 80.3 Å². The Kier molecular flexibility index (Phi) is 5.09. The van der Waals surface area contributed by atoms with E-state index in [1.807, 2.05) is 0 Å². The molecule has 3 aromatic rings. The molecule has 0 fully saturated rings. The van der Waals surface area contributed by atoms with Crippen molar-refractivity contribution in [3.63, 3.8) is 0 Å². The second-order valence-electron chi connectivity index (χ2n) is 5.46. The summed E-state index contributed by atoms with van der Waals surface area (Å²) >= 11 is 9.11. The lowest BCUT2D eigenvalue weighted by Gasteiger charge is -2.18. The molecule has 0 amide bonds. The number of aliphatic hydroxyl groups excluding tert-OH is 1. The minimum Gasteiger partial charge on any atom is -0.382 e. The third kappa shape index (κ3) is 3.24. The van der Waals surface area contributed by atoms with Crippen LogP contribution >= 0.6 is 27.5 Å². The van der Waals surface area contributed by atoms with Crippen molar-refractivity contribution in [3.8, 4) is 5.69 Å². The van der Waals surface area contributed by atoms with Crippen LogP contribution in [-0.2, 0) is 0 Å². The van der Waals surface area contributed by atoms with Gasteiger partial charge in [0.05, 0.1) is 5.69 Å². The molecule has 0 bridgehead atoms. The van der Waals surface area contributed by atoms with Crippen LogP contribution in [0.1, 0.15) is 23.2 Å². The molecule has 136 valence electrons. The number of hydrogen-bond donors (Lipinski definition) is 1. The predicted octanol–water partition coefficient (Wildman–Crippen LogP) is 5.23. The summed E-state index contributed by atoms with van der Waals surface area (Å²) < 4.78 is 56.1. The average molecular weight is 450 g/mol. The first-order valence-corrected chi connectivity index (χ1v) is 8.40. The van der Waals surface area contributed by atoms with Crippen molar-refractivity contribution in [2.75, 3.05) is 0 Å².